The van der Waals surface area contributed by atoms with Crippen molar-refractivity contribution >= 4 is 42.0 Å². The van der Waals surface area contributed by atoms with Gasteiger partial charge in [0.25, 0.3) is 0 Å². The monoisotopic (exact) mass is 367 g/mol. The summed E-state index contributed by atoms with van der Waals surface area (Å²) in [5.41, 5.74) is 0. The summed E-state index contributed by atoms with van der Waals surface area (Å²) in [5, 5.41) is -0.134. The smallest absolute Gasteiger partial charge is 0.243 e. The van der Waals surface area contributed by atoms with Crippen molar-refractivity contribution in [1.29, 1.82) is 0 Å². The standard InChI is InChI=1S/C12H18INO2S/c1-8-2-4-9(5-3-8)7-14-11(15)6-10(17-13)12(14)16/h8-10H,2-7H2,1H3. The van der Waals surface area contributed by atoms with Crippen LogP contribution in [0.25, 0.3) is 0 Å². The lowest BCUT2D eigenvalue weighted by Crippen LogP contribution is -2.36. The molecule has 2 aliphatic rings. The molecule has 0 spiro atoms. The second-order valence-corrected chi connectivity index (χ2v) is 7.52. The maximum Gasteiger partial charge on any atom is 0.243 e. The second kappa shape index (κ2) is 5.91. The van der Waals surface area contributed by atoms with E-state index in [-0.39, 0.29) is 17.1 Å². The van der Waals surface area contributed by atoms with Crippen molar-refractivity contribution in [2.24, 2.45) is 11.8 Å². The summed E-state index contributed by atoms with van der Waals surface area (Å²) >= 11 is 2.12. The highest BCUT2D eigenvalue weighted by Gasteiger charge is 2.39. The Morgan fingerprint density at radius 3 is 2.47 bits per heavy atom. The SMILES string of the molecule is CC1CCC(CN2C(=O)CC(SI)C2=O)CC1. The van der Waals surface area contributed by atoms with Crippen LogP contribution >= 0.6 is 30.1 Å². The number of carbonyl (C=O) groups excluding carboxylic acids is 2. The van der Waals surface area contributed by atoms with Crippen molar-refractivity contribution in [3.63, 3.8) is 0 Å². The molecule has 1 saturated heterocycles. The molecular weight excluding hydrogens is 349 g/mol. The second-order valence-electron chi connectivity index (χ2n) is 5.25. The maximum atomic E-state index is 12.0. The summed E-state index contributed by atoms with van der Waals surface area (Å²) in [6.45, 7) is 2.95. The lowest BCUT2D eigenvalue weighted by molar-refractivity contribution is -0.139. The van der Waals surface area contributed by atoms with Gasteiger partial charge in [0.05, 0.1) is 0 Å². The summed E-state index contributed by atoms with van der Waals surface area (Å²) in [7, 11) is 1.47. The first-order valence-corrected chi connectivity index (χ1v) is 9.65. The van der Waals surface area contributed by atoms with Crippen LogP contribution in [0, 0.1) is 11.8 Å². The minimum atomic E-state index is -0.134. The topological polar surface area (TPSA) is 37.4 Å². The van der Waals surface area contributed by atoms with E-state index >= 15 is 0 Å². The summed E-state index contributed by atoms with van der Waals surface area (Å²) in [5.74, 6) is 1.42. The fourth-order valence-electron chi connectivity index (χ4n) is 2.68. The first-order valence-electron chi connectivity index (χ1n) is 6.23. The number of carbonyl (C=O) groups is 2. The highest BCUT2D eigenvalue weighted by Crippen LogP contribution is 2.33. The normalized spacial score (nSPS) is 34.5. The number of halogens is 1. The number of hydrogen-bond donors (Lipinski definition) is 0. The molecule has 0 aromatic heterocycles. The van der Waals surface area contributed by atoms with E-state index in [1.54, 1.807) is 0 Å². The van der Waals surface area contributed by atoms with E-state index in [2.05, 4.69) is 28.1 Å². The van der Waals surface area contributed by atoms with Gasteiger partial charge in [-0.2, -0.15) is 0 Å². The van der Waals surface area contributed by atoms with Gasteiger partial charge in [0.2, 0.25) is 11.8 Å². The molecular formula is C12H18INO2S. The van der Waals surface area contributed by atoms with Gasteiger partial charge < -0.3 is 0 Å². The number of likely N-dealkylation sites (tertiary alicyclic amines) is 1. The van der Waals surface area contributed by atoms with Gasteiger partial charge in [-0.25, -0.2) is 0 Å². The number of rotatable bonds is 3. The molecule has 17 heavy (non-hydrogen) atoms. The Balaban J connectivity index is 1.90. The molecule has 3 nitrogen and oxygen atoms in total. The molecule has 2 rings (SSSR count). The van der Waals surface area contributed by atoms with Crippen molar-refractivity contribution in [2.75, 3.05) is 6.54 Å². The van der Waals surface area contributed by atoms with Crippen LogP contribution in [0.4, 0.5) is 0 Å². The maximum absolute atomic E-state index is 12.0. The summed E-state index contributed by atoms with van der Waals surface area (Å²) in [6, 6.07) is 0. The Morgan fingerprint density at radius 1 is 1.29 bits per heavy atom. The minimum Gasteiger partial charge on any atom is -0.281 e. The van der Waals surface area contributed by atoms with Crippen LogP contribution in [-0.4, -0.2) is 28.5 Å². The van der Waals surface area contributed by atoms with E-state index in [4.69, 9.17) is 0 Å². The van der Waals surface area contributed by atoms with Crippen LogP contribution in [0.15, 0.2) is 0 Å². The number of hydrogen-bond acceptors (Lipinski definition) is 3. The van der Waals surface area contributed by atoms with E-state index in [0.29, 0.717) is 18.9 Å². The van der Waals surface area contributed by atoms with Crippen LogP contribution in [-0.2, 0) is 9.59 Å². The Bertz CT molecular complexity index is 316. The summed E-state index contributed by atoms with van der Waals surface area (Å²) in [6.07, 6.45) is 5.22. The molecule has 0 N–H and O–H groups in total. The molecule has 2 amide bonds. The Kier molecular flexibility index (Phi) is 4.74. The van der Waals surface area contributed by atoms with Crippen LogP contribution in [0.5, 0.6) is 0 Å². The van der Waals surface area contributed by atoms with Gasteiger partial charge >= 0.3 is 0 Å². The van der Waals surface area contributed by atoms with E-state index in [1.807, 2.05) is 0 Å². The molecule has 0 radical (unpaired) electrons. The van der Waals surface area contributed by atoms with Gasteiger partial charge in [0, 0.05) is 13.0 Å². The first-order chi connectivity index (χ1) is 8.11. The number of nitrogens with zero attached hydrogens (tertiary/aromatic N) is 1. The third-order valence-corrected chi connectivity index (χ3v) is 6.31. The number of imide groups is 1. The number of amides is 2. The molecule has 5 heteroatoms. The highest BCUT2D eigenvalue weighted by atomic mass is 127. The predicted molar refractivity (Wildman–Crippen MR) is 77.9 cm³/mol. The molecule has 1 aliphatic carbocycles. The van der Waals surface area contributed by atoms with Gasteiger partial charge in [-0.1, -0.05) is 28.7 Å². The van der Waals surface area contributed by atoms with Gasteiger partial charge in [0.15, 0.2) is 0 Å². The molecule has 1 atom stereocenters. The lowest BCUT2D eigenvalue weighted by atomic mass is 9.83. The molecule has 1 aliphatic heterocycles. The molecule has 96 valence electrons. The zero-order valence-corrected chi connectivity index (χ0v) is 13.0. The largest absolute Gasteiger partial charge is 0.281 e. The van der Waals surface area contributed by atoms with Crippen molar-refractivity contribution in [2.45, 2.75) is 44.3 Å². The first kappa shape index (κ1) is 13.6. The Labute approximate surface area is 119 Å². The molecule has 0 bridgehead atoms. The zero-order chi connectivity index (χ0) is 12.4. The predicted octanol–water partition coefficient (Wildman–Crippen LogP) is 3.02. The molecule has 1 saturated carbocycles. The molecule has 1 heterocycles. The van der Waals surface area contributed by atoms with Crippen LogP contribution in [0.2, 0.25) is 0 Å². The van der Waals surface area contributed by atoms with Crippen molar-refractivity contribution in [1.82, 2.24) is 4.90 Å². The molecule has 0 aromatic rings. The molecule has 0 aromatic carbocycles. The van der Waals surface area contributed by atoms with Crippen LogP contribution < -0.4 is 0 Å². The fraction of sp³-hybridized carbons (Fsp3) is 0.833. The van der Waals surface area contributed by atoms with Crippen molar-refractivity contribution in [3.05, 3.63) is 0 Å². The van der Waals surface area contributed by atoms with Crippen molar-refractivity contribution in [3.8, 4) is 0 Å². The molecule has 2 fully saturated rings. The quantitative estimate of drug-likeness (QED) is 0.569. The lowest BCUT2D eigenvalue weighted by Gasteiger charge is -2.28. The van der Waals surface area contributed by atoms with Gasteiger partial charge in [0.1, 0.15) is 5.25 Å². The van der Waals surface area contributed by atoms with E-state index in [1.165, 1.54) is 39.5 Å². The van der Waals surface area contributed by atoms with Crippen molar-refractivity contribution < 1.29 is 9.59 Å². The minimum absolute atomic E-state index is 0.0304. The van der Waals surface area contributed by atoms with E-state index < -0.39 is 0 Å². The Morgan fingerprint density at radius 2 is 1.94 bits per heavy atom. The third-order valence-electron chi connectivity index (χ3n) is 3.89. The van der Waals surface area contributed by atoms with Crippen LogP contribution in [0.3, 0.4) is 0 Å². The summed E-state index contributed by atoms with van der Waals surface area (Å²) in [4.78, 5) is 25.3. The average molecular weight is 367 g/mol. The summed E-state index contributed by atoms with van der Waals surface area (Å²) < 4.78 is 0. The van der Waals surface area contributed by atoms with Crippen LogP contribution in [0.1, 0.15) is 39.0 Å². The van der Waals surface area contributed by atoms with Gasteiger partial charge in [-0.15, -0.1) is 0 Å². The van der Waals surface area contributed by atoms with E-state index in [9.17, 15) is 9.59 Å². The fourth-order valence-corrected chi connectivity index (χ4v) is 4.29. The Hall–Kier alpha value is 0.220. The average Bonchev–Trinajstić information content (AvgIpc) is 2.59. The molecule has 1 unspecified atom stereocenters. The van der Waals surface area contributed by atoms with Gasteiger partial charge in [-0.3, -0.25) is 14.5 Å². The zero-order valence-electron chi connectivity index (χ0n) is 10.0. The highest BCUT2D eigenvalue weighted by molar-refractivity contribution is 14.2. The van der Waals surface area contributed by atoms with Gasteiger partial charge in [-0.05, 0) is 45.9 Å². The van der Waals surface area contributed by atoms with E-state index in [0.717, 1.165) is 5.92 Å². The third kappa shape index (κ3) is 3.16.